The van der Waals surface area contributed by atoms with Crippen LogP contribution in [0.25, 0.3) is 27.8 Å². The van der Waals surface area contributed by atoms with Crippen molar-refractivity contribution in [1.29, 1.82) is 0 Å². The Balaban J connectivity index is 1.56. The number of hydrogen-bond donors (Lipinski definition) is 2. The number of aromatic amines is 1. The van der Waals surface area contributed by atoms with Gasteiger partial charge in [-0.1, -0.05) is 18.2 Å². The second-order valence-corrected chi connectivity index (χ2v) is 7.07. The first-order chi connectivity index (χ1) is 13.8. The lowest BCUT2D eigenvalue weighted by Gasteiger charge is -2.20. The van der Waals surface area contributed by atoms with Gasteiger partial charge in [0, 0.05) is 47.5 Å². The normalized spacial score (nSPS) is 13.5. The van der Waals surface area contributed by atoms with Gasteiger partial charge in [-0.15, -0.1) is 0 Å². The van der Waals surface area contributed by atoms with E-state index < -0.39 is 0 Å². The van der Waals surface area contributed by atoms with E-state index in [0.717, 1.165) is 58.0 Å². The molecule has 5 aromatic rings. The maximum Gasteiger partial charge on any atom is 0.180 e. The van der Waals surface area contributed by atoms with Gasteiger partial charge in [0.15, 0.2) is 11.5 Å². The number of aromatic nitrogens is 5. The number of nitrogen functional groups attached to an aromatic ring is 1. The number of imidazole rings is 1. The first-order valence-electron chi connectivity index (χ1n) is 9.19. The van der Waals surface area contributed by atoms with E-state index in [2.05, 4.69) is 44.3 Å². The Kier molecular flexibility index (Phi) is 3.02. The van der Waals surface area contributed by atoms with Crippen molar-refractivity contribution in [3.8, 4) is 11.3 Å². The predicted octanol–water partition coefficient (Wildman–Crippen LogP) is 3.55. The number of H-pyrrole nitrogens is 1. The second kappa shape index (κ2) is 5.56. The lowest BCUT2D eigenvalue weighted by Crippen LogP contribution is -2.16. The molecule has 0 bridgehead atoms. The highest BCUT2D eigenvalue weighted by Crippen LogP contribution is 2.37. The largest absolute Gasteiger partial charge is 0.399 e. The summed E-state index contributed by atoms with van der Waals surface area (Å²) in [6.07, 6.45) is 8.56. The molecule has 0 saturated carbocycles. The molecule has 0 amide bonds. The SMILES string of the molecule is Nc1ccc2c(c1)N(c1nc(-c3ccc4cn[nH]c4c3)cn3ccnc13)CC2. The first kappa shape index (κ1) is 15.2. The van der Waals surface area contributed by atoms with Crippen LogP contribution in [0.15, 0.2) is 61.2 Å². The van der Waals surface area contributed by atoms with Crippen LogP contribution in [0.5, 0.6) is 0 Å². The van der Waals surface area contributed by atoms with Gasteiger partial charge in [-0.25, -0.2) is 9.97 Å². The molecule has 136 valence electrons. The molecule has 1 aliphatic heterocycles. The van der Waals surface area contributed by atoms with E-state index in [1.807, 2.05) is 35.1 Å². The zero-order valence-corrected chi connectivity index (χ0v) is 15.0. The molecule has 28 heavy (non-hydrogen) atoms. The Labute approximate surface area is 160 Å². The average Bonchev–Trinajstić information content (AvgIpc) is 3.45. The van der Waals surface area contributed by atoms with Gasteiger partial charge in [0.1, 0.15) is 0 Å². The molecule has 1 aliphatic rings. The highest BCUT2D eigenvalue weighted by Gasteiger charge is 2.25. The van der Waals surface area contributed by atoms with Crippen LogP contribution in [0.2, 0.25) is 0 Å². The average molecular weight is 367 g/mol. The van der Waals surface area contributed by atoms with Crippen LogP contribution in [0.4, 0.5) is 17.2 Å². The van der Waals surface area contributed by atoms with Gasteiger partial charge >= 0.3 is 0 Å². The molecule has 3 aromatic heterocycles. The number of nitrogens with two attached hydrogens (primary N) is 1. The summed E-state index contributed by atoms with van der Waals surface area (Å²) >= 11 is 0. The van der Waals surface area contributed by atoms with Crippen LogP contribution >= 0.6 is 0 Å². The van der Waals surface area contributed by atoms with E-state index >= 15 is 0 Å². The Morgan fingerprint density at radius 1 is 1.11 bits per heavy atom. The van der Waals surface area contributed by atoms with Crippen LogP contribution < -0.4 is 10.6 Å². The third-order valence-electron chi connectivity index (χ3n) is 5.35. The van der Waals surface area contributed by atoms with Gasteiger partial charge in [-0.05, 0) is 30.2 Å². The summed E-state index contributed by atoms with van der Waals surface area (Å²) in [4.78, 5) is 11.8. The van der Waals surface area contributed by atoms with Crippen LogP contribution in [0.1, 0.15) is 5.56 Å². The highest BCUT2D eigenvalue weighted by atomic mass is 15.2. The summed E-state index contributed by atoms with van der Waals surface area (Å²) in [5, 5.41) is 8.22. The number of nitrogens with one attached hydrogen (secondary N) is 1. The maximum atomic E-state index is 6.05. The Hall–Kier alpha value is -3.87. The Bertz CT molecular complexity index is 1350. The summed E-state index contributed by atoms with van der Waals surface area (Å²) in [6, 6.07) is 12.3. The molecule has 0 aliphatic carbocycles. The minimum Gasteiger partial charge on any atom is -0.399 e. The maximum absolute atomic E-state index is 6.05. The molecule has 0 saturated heterocycles. The van der Waals surface area contributed by atoms with Crippen LogP contribution in [-0.4, -0.2) is 31.1 Å². The number of fused-ring (bicyclic) bond motifs is 3. The van der Waals surface area contributed by atoms with Crippen molar-refractivity contribution in [2.45, 2.75) is 6.42 Å². The third-order valence-corrected chi connectivity index (χ3v) is 5.35. The zero-order chi connectivity index (χ0) is 18.7. The smallest absolute Gasteiger partial charge is 0.180 e. The molecule has 6 rings (SSSR count). The molecule has 7 nitrogen and oxygen atoms in total. The standard InChI is InChI=1S/C21H17N7/c22-16-4-3-13-5-7-28(19(13)10-16)21-20-23-6-8-27(20)12-18(25-21)14-1-2-15-11-24-26-17(15)9-14/h1-4,6,8-12H,5,7,22H2,(H,24,26). The lowest BCUT2D eigenvalue weighted by molar-refractivity contribution is 0.965. The van der Waals surface area contributed by atoms with E-state index in [-0.39, 0.29) is 0 Å². The fourth-order valence-corrected chi connectivity index (χ4v) is 3.95. The topological polar surface area (TPSA) is 88.1 Å². The van der Waals surface area contributed by atoms with Crippen LogP contribution in [0.3, 0.4) is 0 Å². The molecule has 0 spiro atoms. The number of hydrogen-bond acceptors (Lipinski definition) is 5. The van der Waals surface area contributed by atoms with Gasteiger partial charge in [0.25, 0.3) is 0 Å². The Morgan fingerprint density at radius 3 is 3.04 bits per heavy atom. The highest BCUT2D eigenvalue weighted by molar-refractivity contribution is 5.84. The van der Waals surface area contributed by atoms with Crippen LogP contribution in [0, 0.1) is 0 Å². The fraction of sp³-hybridized carbons (Fsp3) is 0.0952. The van der Waals surface area contributed by atoms with Crippen molar-refractivity contribution in [2.24, 2.45) is 0 Å². The van der Waals surface area contributed by atoms with Gasteiger partial charge in [0.05, 0.1) is 17.4 Å². The van der Waals surface area contributed by atoms with E-state index in [1.54, 1.807) is 6.20 Å². The molecular formula is C21H17N7. The summed E-state index contributed by atoms with van der Waals surface area (Å²) in [7, 11) is 0. The van der Waals surface area contributed by atoms with Gasteiger partial charge in [-0.3, -0.25) is 5.10 Å². The first-order valence-corrected chi connectivity index (χ1v) is 9.19. The fourth-order valence-electron chi connectivity index (χ4n) is 3.95. The Morgan fingerprint density at radius 2 is 2.07 bits per heavy atom. The van der Waals surface area contributed by atoms with Crippen molar-refractivity contribution >= 4 is 33.7 Å². The third kappa shape index (κ3) is 2.19. The van der Waals surface area contributed by atoms with Crippen molar-refractivity contribution in [2.75, 3.05) is 17.2 Å². The van der Waals surface area contributed by atoms with Gasteiger partial charge in [-0.2, -0.15) is 5.10 Å². The molecule has 0 radical (unpaired) electrons. The minimum absolute atomic E-state index is 0.755. The molecule has 7 heteroatoms. The molecular weight excluding hydrogens is 350 g/mol. The lowest BCUT2D eigenvalue weighted by atomic mass is 10.1. The number of nitrogens with zero attached hydrogens (tertiary/aromatic N) is 5. The summed E-state index contributed by atoms with van der Waals surface area (Å²) in [5.41, 5.74) is 12.9. The van der Waals surface area contributed by atoms with Crippen molar-refractivity contribution in [3.63, 3.8) is 0 Å². The van der Waals surface area contributed by atoms with E-state index in [9.17, 15) is 0 Å². The molecule has 3 N–H and O–H groups in total. The van der Waals surface area contributed by atoms with E-state index in [4.69, 9.17) is 10.7 Å². The quantitative estimate of drug-likeness (QED) is 0.466. The van der Waals surface area contributed by atoms with Crippen LogP contribution in [-0.2, 0) is 6.42 Å². The van der Waals surface area contributed by atoms with Crippen molar-refractivity contribution in [3.05, 3.63) is 66.7 Å². The molecule has 0 unspecified atom stereocenters. The second-order valence-electron chi connectivity index (χ2n) is 7.07. The molecule has 0 atom stereocenters. The van der Waals surface area contributed by atoms with E-state index in [0.29, 0.717) is 0 Å². The van der Waals surface area contributed by atoms with E-state index in [1.165, 1.54) is 5.56 Å². The molecule has 4 heterocycles. The summed E-state index contributed by atoms with van der Waals surface area (Å²) < 4.78 is 2.03. The number of anilines is 3. The predicted molar refractivity (Wildman–Crippen MR) is 110 cm³/mol. The number of rotatable bonds is 2. The molecule has 0 fully saturated rings. The number of benzene rings is 2. The van der Waals surface area contributed by atoms with Crippen molar-refractivity contribution in [1.82, 2.24) is 24.6 Å². The minimum atomic E-state index is 0.755. The van der Waals surface area contributed by atoms with Gasteiger partial charge < -0.3 is 15.0 Å². The molecule has 2 aromatic carbocycles. The zero-order valence-electron chi connectivity index (χ0n) is 15.0. The van der Waals surface area contributed by atoms with Crippen molar-refractivity contribution < 1.29 is 0 Å². The summed E-state index contributed by atoms with van der Waals surface area (Å²) in [6.45, 7) is 0.858. The van der Waals surface area contributed by atoms with Gasteiger partial charge in [0.2, 0.25) is 0 Å². The monoisotopic (exact) mass is 367 g/mol. The summed E-state index contributed by atoms with van der Waals surface area (Å²) in [5.74, 6) is 0.844.